The lowest BCUT2D eigenvalue weighted by Gasteiger charge is -2.15. The van der Waals surface area contributed by atoms with Crippen molar-refractivity contribution in [2.24, 2.45) is 0 Å². The summed E-state index contributed by atoms with van der Waals surface area (Å²) in [6.07, 6.45) is 3.09. The lowest BCUT2D eigenvalue weighted by Crippen LogP contribution is -2.33. The smallest absolute Gasteiger partial charge is 0.251 e. The van der Waals surface area contributed by atoms with Crippen molar-refractivity contribution in [2.45, 2.75) is 19.9 Å². The van der Waals surface area contributed by atoms with E-state index in [1.54, 1.807) is 30.3 Å². The number of rotatable bonds is 8. The highest BCUT2D eigenvalue weighted by Gasteiger charge is 2.12. The zero-order valence-corrected chi connectivity index (χ0v) is 19.9. The third kappa shape index (κ3) is 7.56. The van der Waals surface area contributed by atoms with Crippen LogP contribution in [0.5, 0.6) is 5.75 Å². The van der Waals surface area contributed by atoms with Crippen molar-refractivity contribution in [1.82, 2.24) is 10.6 Å². The second kappa shape index (κ2) is 12.3. The van der Waals surface area contributed by atoms with Gasteiger partial charge < -0.3 is 15.4 Å². The Hall–Kier alpha value is -3.97. The van der Waals surface area contributed by atoms with E-state index in [-0.39, 0.29) is 23.0 Å². The summed E-state index contributed by atoms with van der Waals surface area (Å²) in [6, 6.07) is 23.9. The van der Waals surface area contributed by atoms with Crippen molar-refractivity contribution in [1.29, 1.82) is 0 Å². The first-order valence-electron chi connectivity index (χ1n) is 10.9. The van der Waals surface area contributed by atoms with Crippen molar-refractivity contribution in [3.8, 4) is 5.75 Å². The van der Waals surface area contributed by atoms with Gasteiger partial charge in [-0.25, -0.2) is 0 Å². The number of thiocarbonyl (C=S) groups is 1. The lowest BCUT2D eigenvalue weighted by molar-refractivity contribution is -0.115. The summed E-state index contributed by atoms with van der Waals surface area (Å²) in [6.45, 7) is 4.45. The predicted octanol–water partition coefficient (Wildman–Crippen LogP) is 5.10. The van der Waals surface area contributed by atoms with Crippen LogP contribution in [0.3, 0.4) is 0 Å². The van der Waals surface area contributed by atoms with Gasteiger partial charge >= 0.3 is 0 Å². The van der Waals surface area contributed by atoms with Crippen molar-refractivity contribution in [3.05, 3.63) is 102 Å². The molecule has 174 valence electrons. The van der Waals surface area contributed by atoms with Gasteiger partial charge in [0, 0.05) is 17.3 Å². The Morgan fingerprint density at radius 2 is 1.74 bits per heavy atom. The predicted molar refractivity (Wildman–Crippen MR) is 140 cm³/mol. The lowest BCUT2D eigenvalue weighted by atomic mass is 10.1. The first-order valence-corrected chi connectivity index (χ1v) is 11.3. The summed E-state index contributed by atoms with van der Waals surface area (Å²) >= 11 is 5.24. The molecule has 0 fully saturated rings. The zero-order chi connectivity index (χ0) is 24.3. The maximum absolute atomic E-state index is 12.7. The molecule has 0 bridgehead atoms. The monoisotopic (exact) mass is 473 g/mol. The topological polar surface area (TPSA) is 79.5 Å². The second-order valence-corrected chi connectivity index (χ2v) is 7.87. The molecular formula is C27H27N3O3S. The highest BCUT2D eigenvalue weighted by Crippen LogP contribution is 2.15. The second-order valence-electron chi connectivity index (χ2n) is 7.47. The SMILES string of the molecule is CCOc1ccc(/C=C/C(=O)NC(=S)Nc2cccc(C(=O)NC(C)c3ccccc3)c2)cc1. The molecule has 1 atom stereocenters. The Morgan fingerprint density at radius 1 is 1.00 bits per heavy atom. The largest absolute Gasteiger partial charge is 0.494 e. The van der Waals surface area contributed by atoms with E-state index in [1.165, 1.54) is 6.08 Å². The number of nitrogens with one attached hydrogen (secondary N) is 3. The van der Waals surface area contributed by atoms with Crippen LogP contribution in [0.15, 0.2) is 84.9 Å². The highest BCUT2D eigenvalue weighted by atomic mass is 32.1. The number of hydrogen-bond donors (Lipinski definition) is 3. The van der Waals surface area contributed by atoms with Gasteiger partial charge in [-0.05, 0) is 73.6 Å². The molecule has 34 heavy (non-hydrogen) atoms. The van der Waals surface area contributed by atoms with Crippen LogP contribution in [0.25, 0.3) is 6.08 Å². The minimum Gasteiger partial charge on any atom is -0.494 e. The van der Waals surface area contributed by atoms with Crippen LogP contribution in [0.4, 0.5) is 5.69 Å². The van der Waals surface area contributed by atoms with E-state index in [4.69, 9.17) is 17.0 Å². The standard InChI is InChI=1S/C27H27N3O3S/c1-3-33-24-15-12-20(13-16-24)14-17-25(31)30-27(34)29-23-11-7-10-22(18-23)26(32)28-19(2)21-8-5-4-6-9-21/h4-19H,3H2,1-2H3,(H,28,32)(H2,29,30,31,34)/b17-14+. The first-order chi connectivity index (χ1) is 16.4. The molecule has 0 aromatic heterocycles. The van der Waals surface area contributed by atoms with E-state index in [1.807, 2.05) is 68.4 Å². The van der Waals surface area contributed by atoms with Crippen LogP contribution < -0.4 is 20.7 Å². The maximum atomic E-state index is 12.7. The summed E-state index contributed by atoms with van der Waals surface area (Å²) < 4.78 is 5.40. The average Bonchev–Trinajstić information content (AvgIpc) is 2.84. The van der Waals surface area contributed by atoms with Crippen LogP contribution in [-0.2, 0) is 4.79 Å². The van der Waals surface area contributed by atoms with Gasteiger partial charge in [0.15, 0.2) is 5.11 Å². The molecule has 0 saturated heterocycles. The third-order valence-electron chi connectivity index (χ3n) is 4.88. The van der Waals surface area contributed by atoms with Crippen LogP contribution in [0.1, 0.15) is 41.4 Å². The number of hydrogen-bond acceptors (Lipinski definition) is 4. The van der Waals surface area contributed by atoms with Gasteiger partial charge in [0.2, 0.25) is 5.91 Å². The zero-order valence-electron chi connectivity index (χ0n) is 19.1. The Balaban J connectivity index is 1.53. The number of carbonyl (C=O) groups excluding carboxylic acids is 2. The molecule has 3 aromatic carbocycles. The number of ether oxygens (including phenoxy) is 1. The number of benzene rings is 3. The summed E-state index contributed by atoms with van der Waals surface area (Å²) in [5, 5.41) is 8.66. The minimum absolute atomic E-state index is 0.132. The fraction of sp³-hybridized carbons (Fsp3) is 0.148. The molecular weight excluding hydrogens is 446 g/mol. The molecule has 0 radical (unpaired) electrons. The number of carbonyl (C=O) groups is 2. The fourth-order valence-electron chi connectivity index (χ4n) is 3.17. The molecule has 3 aromatic rings. The molecule has 0 aliphatic rings. The molecule has 0 aliphatic carbocycles. The van der Waals surface area contributed by atoms with Gasteiger partial charge in [0.05, 0.1) is 12.6 Å². The van der Waals surface area contributed by atoms with Crippen molar-refractivity contribution >= 4 is 40.9 Å². The Kier molecular flexibility index (Phi) is 8.94. The third-order valence-corrected chi connectivity index (χ3v) is 5.09. The van der Waals surface area contributed by atoms with E-state index in [0.29, 0.717) is 17.9 Å². The molecule has 7 heteroatoms. The summed E-state index contributed by atoms with van der Waals surface area (Å²) in [5.74, 6) is 0.213. The molecule has 0 spiro atoms. The van der Waals surface area contributed by atoms with Gasteiger partial charge in [-0.1, -0.05) is 48.5 Å². The Bertz CT molecular complexity index is 1160. The summed E-state index contributed by atoms with van der Waals surface area (Å²) in [4.78, 5) is 24.9. The Morgan fingerprint density at radius 3 is 2.44 bits per heavy atom. The van der Waals surface area contributed by atoms with Crippen LogP contribution >= 0.6 is 12.2 Å². The summed E-state index contributed by atoms with van der Waals surface area (Å²) in [5.41, 5.74) is 2.96. The van der Waals surface area contributed by atoms with E-state index in [0.717, 1.165) is 16.9 Å². The fourth-order valence-corrected chi connectivity index (χ4v) is 3.39. The normalized spacial score (nSPS) is 11.5. The van der Waals surface area contributed by atoms with Gasteiger partial charge in [-0.3, -0.25) is 14.9 Å². The molecule has 3 N–H and O–H groups in total. The van der Waals surface area contributed by atoms with E-state index < -0.39 is 0 Å². The van der Waals surface area contributed by atoms with E-state index in [2.05, 4.69) is 16.0 Å². The number of amides is 2. The van der Waals surface area contributed by atoms with Crippen LogP contribution in [0.2, 0.25) is 0 Å². The minimum atomic E-state index is -0.364. The molecule has 0 heterocycles. The first kappa shape index (κ1) is 24.7. The molecule has 6 nitrogen and oxygen atoms in total. The Labute approximate surface area is 205 Å². The van der Waals surface area contributed by atoms with Crippen LogP contribution in [0, 0.1) is 0 Å². The summed E-state index contributed by atoms with van der Waals surface area (Å²) in [7, 11) is 0. The molecule has 0 saturated carbocycles. The van der Waals surface area contributed by atoms with Crippen molar-refractivity contribution in [3.63, 3.8) is 0 Å². The van der Waals surface area contributed by atoms with Crippen LogP contribution in [-0.4, -0.2) is 23.5 Å². The van der Waals surface area contributed by atoms with Gasteiger partial charge in [-0.2, -0.15) is 0 Å². The highest BCUT2D eigenvalue weighted by molar-refractivity contribution is 7.80. The van der Waals surface area contributed by atoms with Gasteiger partial charge in [-0.15, -0.1) is 0 Å². The number of anilines is 1. The quantitative estimate of drug-likeness (QED) is 0.313. The van der Waals surface area contributed by atoms with E-state index in [9.17, 15) is 9.59 Å². The van der Waals surface area contributed by atoms with Crippen molar-refractivity contribution in [2.75, 3.05) is 11.9 Å². The van der Waals surface area contributed by atoms with Crippen molar-refractivity contribution < 1.29 is 14.3 Å². The average molecular weight is 474 g/mol. The van der Waals surface area contributed by atoms with E-state index >= 15 is 0 Å². The molecule has 3 rings (SSSR count). The maximum Gasteiger partial charge on any atom is 0.251 e. The molecule has 2 amide bonds. The van der Waals surface area contributed by atoms with Gasteiger partial charge in [0.1, 0.15) is 5.75 Å². The molecule has 0 aliphatic heterocycles. The molecule has 1 unspecified atom stereocenters. The van der Waals surface area contributed by atoms with Gasteiger partial charge in [0.25, 0.3) is 5.91 Å².